The van der Waals surface area contributed by atoms with E-state index in [0.717, 1.165) is 44.5 Å². The Hall–Kier alpha value is -8.08. The first-order valence-electron chi connectivity index (χ1n) is 20.4. The van der Waals surface area contributed by atoms with Gasteiger partial charge in [0.15, 0.2) is 5.82 Å². The van der Waals surface area contributed by atoms with Crippen molar-refractivity contribution < 1.29 is 0 Å². The van der Waals surface area contributed by atoms with Gasteiger partial charge in [0.05, 0.1) is 33.3 Å². The van der Waals surface area contributed by atoms with Crippen LogP contribution in [-0.4, -0.2) is 19.1 Å². The van der Waals surface area contributed by atoms with Crippen molar-refractivity contribution in [2.45, 2.75) is 0 Å². The van der Waals surface area contributed by atoms with Gasteiger partial charge in [-0.25, -0.2) is 9.97 Å². The zero-order valence-corrected chi connectivity index (χ0v) is 32.6. The molecule has 0 fully saturated rings. The first kappa shape index (κ1) is 34.0. The van der Waals surface area contributed by atoms with Crippen LogP contribution in [0.4, 0.5) is 0 Å². The Morgan fingerprint density at radius 1 is 0.267 bits per heavy atom. The van der Waals surface area contributed by atoms with Crippen molar-refractivity contribution in [1.82, 2.24) is 19.1 Å². The number of fused-ring (bicyclic) bond motifs is 7. The summed E-state index contributed by atoms with van der Waals surface area (Å²) in [6.45, 7) is 0. The number of aromatic nitrogens is 4. The molecule has 12 rings (SSSR count). The number of hydrogen-bond donors (Lipinski definition) is 0. The van der Waals surface area contributed by atoms with Gasteiger partial charge in [0, 0.05) is 49.4 Å². The fourth-order valence-corrected chi connectivity index (χ4v) is 9.12. The maximum Gasteiger partial charge on any atom is 0.160 e. The van der Waals surface area contributed by atoms with Crippen LogP contribution in [0, 0.1) is 0 Å². The highest BCUT2D eigenvalue weighted by molar-refractivity contribution is 6.12. The summed E-state index contributed by atoms with van der Waals surface area (Å²) >= 11 is 0. The predicted octanol–water partition coefficient (Wildman–Crippen LogP) is 14.5. The number of nitrogens with zero attached hydrogens (tertiary/aromatic N) is 4. The van der Waals surface area contributed by atoms with Gasteiger partial charge in [0.1, 0.15) is 0 Å². The van der Waals surface area contributed by atoms with Crippen molar-refractivity contribution in [3.8, 4) is 56.3 Å². The van der Waals surface area contributed by atoms with Gasteiger partial charge < -0.3 is 9.13 Å². The van der Waals surface area contributed by atoms with Crippen LogP contribution < -0.4 is 0 Å². The molecule has 9 aromatic carbocycles. The minimum absolute atomic E-state index is 0.713. The normalized spacial score (nSPS) is 11.7. The van der Waals surface area contributed by atoms with Crippen LogP contribution in [0.25, 0.3) is 111 Å². The molecule has 3 aromatic heterocycles. The topological polar surface area (TPSA) is 35.6 Å². The quantitative estimate of drug-likeness (QED) is 0.169. The lowest BCUT2D eigenvalue weighted by molar-refractivity contribution is 1.18. The largest absolute Gasteiger partial charge is 0.309 e. The zero-order valence-electron chi connectivity index (χ0n) is 32.6. The third-order valence-electron chi connectivity index (χ3n) is 11.9. The molecule has 0 aliphatic carbocycles. The van der Waals surface area contributed by atoms with Crippen molar-refractivity contribution in [3.63, 3.8) is 0 Å². The molecule has 4 nitrogen and oxygen atoms in total. The average molecular weight is 765 g/mol. The first-order chi connectivity index (χ1) is 29.7. The van der Waals surface area contributed by atoms with Crippen molar-refractivity contribution in [3.05, 3.63) is 218 Å². The molecule has 3 heterocycles. The molecule has 0 radical (unpaired) electrons. The molecule has 0 unspecified atom stereocenters. The fraction of sp³-hybridized carbons (Fsp3) is 0. The van der Waals surface area contributed by atoms with Gasteiger partial charge in [0.2, 0.25) is 0 Å². The fourth-order valence-electron chi connectivity index (χ4n) is 9.12. The molecule has 0 atom stereocenters. The molecule has 0 aliphatic rings. The summed E-state index contributed by atoms with van der Waals surface area (Å²) in [5.41, 5.74) is 15.6. The Labute approximate surface area is 346 Å². The number of benzene rings is 9. The Balaban J connectivity index is 0.952. The van der Waals surface area contributed by atoms with Crippen molar-refractivity contribution >= 4 is 54.5 Å². The summed E-state index contributed by atoms with van der Waals surface area (Å²) in [6, 6.07) is 78.0. The Bertz CT molecular complexity index is 3600. The SMILES string of the molecule is c1ccc(-c2nc(-c3cccc(-c4cccc(-n5c6ccccc6c6cc(-c7ccc8c(c7)c7ccccc7n8-c7ccccc7)ccc65)c4)c3)nc3ccccc23)cc1. The van der Waals surface area contributed by atoms with Crippen molar-refractivity contribution in [2.75, 3.05) is 0 Å². The van der Waals surface area contributed by atoms with Crippen LogP contribution in [0.2, 0.25) is 0 Å². The van der Waals surface area contributed by atoms with Crippen LogP contribution in [0.5, 0.6) is 0 Å². The minimum atomic E-state index is 0.713. The maximum absolute atomic E-state index is 5.16. The van der Waals surface area contributed by atoms with E-state index in [1.807, 2.05) is 12.1 Å². The van der Waals surface area contributed by atoms with Crippen LogP contribution in [0.15, 0.2) is 218 Å². The van der Waals surface area contributed by atoms with Gasteiger partial charge in [-0.15, -0.1) is 0 Å². The summed E-state index contributed by atoms with van der Waals surface area (Å²) < 4.78 is 4.77. The molecule has 0 bridgehead atoms. The van der Waals surface area contributed by atoms with Crippen molar-refractivity contribution in [1.29, 1.82) is 0 Å². The second-order valence-electron chi connectivity index (χ2n) is 15.4. The summed E-state index contributed by atoms with van der Waals surface area (Å²) in [5.74, 6) is 0.713. The van der Waals surface area contributed by atoms with E-state index in [1.165, 1.54) is 60.4 Å². The van der Waals surface area contributed by atoms with Crippen LogP contribution in [0.3, 0.4) is 0 Å². The Morgan fingerprint density at radius 2 is 0.733 bits per heavy atom. The molecule has 4 heteroatoms. The monoisotopic (exact) mass is 764 g/mol. The van der Waals surface area contributed by atoms with Gasteiger partial charge in [-0.3, -0.25) is 0 Å². The van der Waals surface area contributed by atoms with E-state index in [1.54, 1.807) is 0 Å². The lowest BCUT2D eigenvalue weighted by Crippen LogP contribution is -1.96. The number of para-hydroxylation sites is 4. The summed E-state index contributed by atoms with van der Waals surface area (Å²) in [5, 5.41) is 6.00. The maximum atomic E-state index is 5.16. The molecule has 0 saturated heterocycles. The summed E-state index contributed by atoms with van der Waals surface area (Å²) in [6.07, 6.45) is 0. The highest BCUT2D eigenvalue weighted by atomic mass is 15.0. The van der Waals surface area contributed by atoms with Gasteiger partial charge in [-0.1, -0.05) is 146 Å². The molecule has 12 aromatic rings. The lowest BCUT2D eigenvalue weighted by Gasteiger charge is -2.12. The molecule has 0 saturated carbocycles. The number of hydrogen-bond acceptors (Lipinski definition) is 2. The highest BCUT2D eigenvalue weighted by Crippen LogP contribution is 2.39. The zero-order chi connectivity index (χ0) is 39.6. The molecule has 0 aliphatic heterocycles. The molecule has 60 heavy (non-hydrogen) atoms. The van der Waals surface area contributed by atoms with E-state index < -0.39 is 0 Å². The molecule has 0 spiro atoms. The summed E-state index contributed by atoms with van der Waals surface area (Å²) in [7, 11) is 0. The lowest BCUT2D eigenvalue weighted by atomic mass is 10.0. The van der Waals surface area contributed by atoms with Gasteiger partial charge >= 0.3 is 0 Å². The average Bonchev–Trinajstić information content (AvgIpc) is 3.84. The molecule has 0 N–H and O–H groups in total. The third-order valence-corrected chi connectivity index (χ3v) is 11.9. The predicted molar refractivity (Wildman–Crippen MR) is 250 cm³/mol. The number of rotatable bonds is 6. The molecule has 0 amide bonds. The van der Waals surface area contributed by atoms with E-state index in [9.17, 15) is 0 Å². The van der Waals surface area contributed by atoms with E-state index in [2.05, 4.69) is 215 Å². The first-order valence-corrected chi connectivity index (χ1v) is 20.4. The van der Waals surface area contributed by atoms with Crippen molar-refractivity contribution in [2.24, 2.45) is 0 Å². The second kappa shape index (κ2) is 13.8. The van der Waals surface area contributed by atoms with E-state index in [0.29, 0.717) is 5.82 Å². The molecular weight excluding hydrogens is 729 g/mol. The van der Waals surface area contributed by atoms with Gasteiger partial charge in [-0.2, -0.15) is 0 Å². The van der Waals surface area contributed by atoms with E-state index in [4.69, 9.17) is 9.97 Å². The minimum Gasteiger partial charge on any atom is -0.309 e. The van der Waals surface area contributed by atoms with Crippen LogP contribution in [0.1, 0.15) is 0 Å². The highest BCUT2D eigenvalue weighted by Gasteiger charge is 2.17. The smallest absolute Gasteiger partial charge is 0.160 e. The molecular formula is C56H36N4. The second-order valence-corrected chi connectivity index (χ2v) is 15.4. The van der Waals surface area contributed by atoms with Gasteiger partial charge in [0.25, 0.3) is 0 Å². The standard InChI is InChI=1S/C56H36N4/c1-3-15-37(16-4-1)55-47-25-7-10-26-50(47)57-56(58-55)42-19-13-17-38(33-42)39-18-14-22-44(34-39)60-52-28-12-9-24-46(52)49-36-41(30-32-54(49)60)40-29-31-53-48(35-40)45-23-8-11-27-51(45)59(53)43-20-5-2-6-21-43/h1-36H. The molecule has 280 valence electrons. The van der Waals surface area contributed by atoms with E-state index in [-0.39, 0.29) is 0 Å². The van der Waals surface area contributed by atoms with Crippen LogP contribution in [-0.2, 0) is 0 Å². The van der Waals surface area contributed by atoms with E-state index >= 15 is 0 Å². The van der Waals surface area contributed by atoms with Gasteiger partial charge in [-0.05, 0) is 95.1 Å². The van der Waals surface area contributed by atoms with Crippen LogP contribution >= 0.6 is 0 Å². The Morgan fingerprint density at radius 3 is 1.42 bits per heavy atom. The Kier molecular flexibility index (Phi) is 7.82. The third kappa shape index (κ3) is 5.53. The summed E-state index contributed by atoms with van der Waals surface area (Å²) in [4.78, 5) is 10.2.